The van der Waals surface area contributed by atoms with E-state index in [4.69, 9.17) is 0 Å². The number of carbonyl (C=O) groups is 2. The second-order valence-corrected chi connectivity index (χ2v) is 6.02. The minimum Gasteiger partial charge on any atom is -0.337 e. The largest absolute Gasteiger partial charge is 0.337 e. The van der Waals surface area contributed by atoms with E-state index in [-0.39, 0.29) is 18.4 Å². The predicted octanol–water partition coefficient (Wildman–Crippen LogP) is 1.66. The molecule has 106 valence electrons. The quantitative estimate of drug-likeness (QED) is 0.909. The summed E-state index contributed by atoms with van der Waals surface area (Å²) in [7, 11) is 0. The normalized spacial score (nSPS) is 27.1. The van der Waals surface area contributed by atoms with Gasteiger partial charge in [0.25, 0.3) is 5.91 Å². The maximum atomic E-state index is 12.8. The Bertz CT molecular complexity index is 525. The minimum atomic E-state index is -0.930. The molecule has 3 rings (SSSR count). The van der Waals surface area contributed by atoms with E-state index in [0.717, 1.165) is 5.56 Å². The maximum Gasteiger partial charge on any atom is 0.253 e. The first kappa shape index (κ1) is 13.2. The molecule has 1 saturated heterocycles. The van der Waals surface area contributed by atoms with Crippen molar-refractivity contribution in [3.63, 3.8) is 0 Å². The summed E-state index contributed by atoms with van der Waals surface area (Å²) in [6.07, 6.45) is 3.59. The van der Waals surface area contributed by atoms with Crippen LogP contribution >= 0.6 is 0 Å². The predicted molar refractivity (Wildman–Crippen MR) is 75.9 cm³/mol. The lowest BCUT2D eigenvalue weighted by Gasteiger charge is -2.42. The Morgan fingerprint density at radius 2 is 1.95 bits per heavy atom. The molecule has 1 N–H and O–H groups in total. The van der Waals surface area contributed by atoms with Gasteiger partial charge in [0.15, 0.2) is 0 Å². The molecule has 2 amide bonds. The molecule has 0 radical (unpaired) electrons. The highest BCUT2D eigenvalue weighted by molar-refractivity contribution is 5.98. The van der Waals surface area contributed by atoms with Crippen LogP contribution in [0.1, 0.15) is 31.7 Å². The second kappa shape index (κ2) is 4.93. The summed E-state index contributed by atoms with van der Waals surface area (Å²) in [5.41, 5.74) is -0.0861. The highest BCUT2D eigenvalue weighted by Crippen LogP contribution is 2.31. The molecule has 0 spiro atoms. The number of hydrogen-bond acceptors (Lipinski definition) is 2. The molecule has 4 nitrogen and oxygen atoms in total. The molecule has 1 atom stereocenters. The van der Waals surface area contributed by atoms with Gasteiger partial charge in [0.1, 0.15) is 5.54 Å². The van der Waals surface area contributed by atoms with Crippen molar-refractivity contribution in [1.29, 1.82) is 0 Å². The highest BCUT2D eigenvalue weighted by atomic mass is 16.2. The smallest absolute Gasteiger partial charge is 0.253 e. The van der Waals surface area contributed by atoms with E-state index in [1.54, 1.807) is 11.8 Å². The molecule has 4 heteroatoms. The van der Waals surface area contributed by atoms with Gasteiger partial charge in [-0.2, -0.15) is 0 Å². The average Bonchev–Trinajstić information content (AvgIpc) is 2.40. The topological polar surface area (TPSA) is 49.4 Å². The molecule has 0 bridgehead atoms. The van der Waals surface area contributed by atoms with Crippen LogP contribution in [0.15, 0.2) is 30.3 Å². The van der Waals surface area contributed by atoms with Gasteiger partial charge in [-0.1, -0.05) is 36.8 Å². The average molecular weight is 272 g/mol. The Balaban J connectivity index is 1.86. The molecule has 20 heavy (non-hydrogen) atoms. The van der Waals surface area contributed by atoms with Crippen LogP contribution in [-0.4, -0.2) is 29.8 Å². The van der Waals surface area contributed by atoms with Gasteiger partial charge in [-0.25, -0.2) is 0 Å². The molecule has 1 aliphatic carbocycles. The van der Waals surface area contributed by atoms with Gasteiger partial charge < -0.3 is 10.2 Å². The minimum absolute atomic E-state index is 0.00944. The fourth-order valence-corrected chi connectivity index (χ4v) is 3.03. The fourth-order valence-electron chi connectivity index (χ4n) is 3.03. The monoisotopic (exact) mass is 272 g/mol. The zero-order chi connectivity index (χ0) is 14.2. The van der Waals surface area contributed by atoms with E-state index < -0.39 is 5.54 Å². The molecule has 2 fully saturated rings. The van der Waals surface area contributed by atoms with E-state index in [1.165, 1.54) is 19.3 Å². The van der Waals surface area contributed by atoms with Gasteiger partial charge in [0, 0.05) is 6.54 Å². The zero-order valence-corrected chi connectivity index (χ0v) is 11.8. The van der Waals surface area contributed by atoms with Crippen LogP contribution < -0.4 is 5.32 Å². The van der Waals surface area contributed by atoms with Crippen LogP contribution in [0.3, 0.4) is 0 Å². The summed E-state index contributed by atoms with van der Waals surface area (Å²) in [6, 6.07) is 9.49. The van der Waals surface area contributed by atoms with E-state index >= 15 is 0 Å². The van der Waals surface area contributed by atoms with Crippen molar-refractivity contribution in [3.8, 4) is 0 Å². The lowest BCUT2D eigenvalue weighted by atomic mass is 9.83. The first-order valence-electron chi connectivity index (χ1n) is 7.25. The number of benzene rings is 1. The van der Waals surface area contributed by atoms with Gasteiger partial charge in [0.05, 0.1) is 6.54 Å². The lowest BCUT2D eigenvalue weighted by molar-refractivity contribution is -0.150. The Kier molecular flexibility index (Phi) is 3.24. The maximum absolute atomic E-state index is 12.8. The number of carbonyl (C=O) groups excluding carboxylic acids is 2. The Hall–Kier alpha value is -1.84. The van der Waals surface area contributed by atoms with Crippen LogP contribution in [0, 0.1) is 5.92 Å². The summed E-state index contributed by atoms with van der Waals surface area (Å²) in [5.74, 6) is 0.510. The van der Waals surface area contributed by atoms with Gasteiger partial charge in [0.2, 0.25) is 5.91 Å². The van der Waals surface area contributed by atoms with E-state index in [9.17, 15) is 9.59 Å². The molecule has 2 aliphatic rings. The molecular formula is C16H20N2O2. The third-order valence-electron chi connectivity index (χ3n) is 4.49. The molecule has 1 heterocycles. The van der Waals surface area contributed by atoms with Crippen molar-refractivity contribution >= 4 is 11.8 Å². The SMILES string of the molecule is CC1(c2ccccc2)NC(=O)CN(CC2CCC2)C1=O. The molecule has 1 unspecified atom stereocenters. The Morgan fingerprint density at radius 1 is 1.25 bits per heavy atom. The molecule has 1 aromatic carbocycles. The number of piperazine rings is 1. The van der Waals surface area contributed by atoms with E-state index in [0.29, 0.717) is 12.5 Å². The lowest BCUT2D eigenvalue weighted by Crippen LogP contribution is -2.64. The Morgan fingerprint density at radius 3 is 2.55 bits per heavy atom. The van der Waals surface area contributed by atoms with Gasteiger partial charge >= 0.3 is 0 Å². The summed E-state index contributed by atoms with van der Waals surface area (Å²) < 4.78 is 0. The van der Waals surface area contributed by atoms with Gasteiger partial charge in [-0.15, -0.1) is 0 Å². The summed E-state index contributed by atoms with van der Waals surface area (Å²) in [5, 5.41) is 2.87. The van der Waals surface area contributed by atoms with Crippen molar-refractivity contribution < 1.29 is 9.59 Å². The van der Waals surface area contributed by atoms with Crippen LogP contribution in [-0.2, 0) is 15.1 Å². The van der Waals surface area contributed by atoms with Crippen molar-refractivity contribution in [1.82, 2.24) is 10.2 Å². The number of nitrogens with zero attached hydrogens (tertiary/aromatic N) is 1. The van der Waals surface area contributed by atoms with Crippen LogP contribution in [0.25, 0.3) is 0 Å². The molecule has 1 aromatic rings. The molecule has 1 saturated carbocycles. The third kappa shape index (κ3) is 2.19. The summed E-state index contributed by atoms with van der Waals surface area (Å²) in [4.78, 5) is 26.5. The van der Waals surface area contributed by atoms with Gasteiger partial charge in [-0.3, -0.25) is 9.59 Å². The first-order valence-corrected chi connectivity index (χ1v) is 7.25. The zero-order valence-electron chi connectivity index (χ0n) is 11.8. The second-order valence-electron chi connectivity index (χ2n) is 6.02. The van der Waals surface area contributed by atoms with Gasteiger partial charge in [-0.05, 0) is 31.2 Å². The number of amides is 2. The Labute approximate surface area is 119 Å². The number of hydrogen-bond donors (Lipinski definition) is 1. The van der Waals surface area contributed by atoms with Crippen LogP contribution in [0.4, 0.5) is 0 Å². The molecule has 1 aliphatic heterocycles. The summed E-state index contributed by atoms with van der Waals surface area (Å²) >= 11 is 0. The highest BCUT2D eigenvalue weighted by Gasteiger charge is 2.44. The standard InChI is InChI=1S/C16H20N2O2/c1-16(13-8-3-2-4-9-13)15(20)18(11-14(19)17-16)10-12-6-5-7-12/h2-4,8-9,12H,5-7,10-11H2,1H3,(H,17,19). The van der Waals surface area contributed by atoms with Crippen molar-refractivity contribution in [3.05, 3.63) is 35.9 Å². The third-order valence-corrected chi connectivity index (χ3v) is 4.49. The fraction of sp³-hybridized carbons (Fsp3) is 0.500. The summed E-state index contributed by atoms with van der Waals surface area (Å²) in [6.45, 7) is 2.71. The van der Waals surface area contributed by atoms with Crippen molar-refractivity contribution in [2.75, 3.05) is 13.1 Å². The number of rotatable bonds is 3. The van der Waals surface area contributed by atoms with Crippen LogP contribution in [0.2, 0.25) is 0 Å². The van der Waals surface area contributed by atoms with E-state index in [2.05, 4.69) is 5.32 Å². The van der Waals surface area contributed by atoms with Crippen molar-refractivity contribution in [2.45, 2.75) is 31.7 Å². The van der Waals surface area contributed by atoms with Crippen LogP contribution in [0.5, 0.6) is 0 Å². The van der Waals surface area contributed by atoms with Crippen molar-refractivity contribution in [2.24, 2.45) is 5.92 Å². The number of nitrogens with one attached hydrogen (secondary N) is 1. The molecular weight excluding hydrogens is 252 g/mol. The van der Waals surface area contributed by atoms with E-state index in [1.807, 2.05) is 30.3 Å². The molecule has 0 aromatic heterocycles. The first-order chi connectivity index (χ1) is 9.59.